The molecular weight excluding hydrogens is 238 g/mol. The predicted octanol–water partition coefficient (Wildman–Crippen LogP) is 1.82. The van der Waals surface area contributed by atoms with Crippen molar-refractivity contribution in [1.29, 1.82) is 5.26 Å². The molecule has 0 aromatic carbocycles. The fourth-order valence-corrected chi connectivity index (χ4v) is 1.55. The van der Waals surface area contributed by atoms with Crippen molar-refractivity contribution in [2.24, 2.45) is 0 Å². The second-order valence-corrected chi connectivity index (χ2v) is 3.84. The molecule has 0 saturated carbocycles. The second-order valence-electron chi connectivity index (χ2n) is 3.46. The summed E-state index contributed by atoms with van der Waals surface area (Å²) in [6, 6.07) is 8.48. The van der Waals surface area contributed by atoms with E-state index in [2.05, 4.69) is 4.98 Å². The SMILES string of the molecule is N#Cc1cccn(Cc2ccc(Cl)nc2)c1=O. The van der Waals surface area contributed by atoms with Crippen LogP contribution < -0.4 is 5.56 Å². The van der Waals surface area contributed by atoms with Gasteiger partial charge in [-0.1, -0.05) is 17.7 Å². The molecule has 2 heterocycles. The van der Waals surface area contributed by atoms with Gasteiger partial charge in [0.25, 0.3) is 5.56 Å². The van der Waals surface area contributed by atoms with Crippen molar-refractivity contribution < 1.29 is 0 Å². The average molecular weight is 246 g/mol. The van der Waals surface area contributed by atoms with E-state index >= 15 is 0 Å². The van der Waals surface area contributed by atoms with Gasteiger partial charge in [0.05, 0.1) is 6.54 Å². The minimum atomic E-state index is -0.301. The molecule has 0 aliphatic carbocycles. The highest BCUT2D eigenvalue weighted by Gasteiger charge is 2.02. The van der Waals surface area contributed by atoms with Crippen molar-refractivity contribution in [2.45, 2.75) is 6.54 Å². The maximum Gasteiger partial charge on any atom is 0.268 e. The predicted molar refractivity (Wildman–Crippen MR) is 63.8 cm³/mol. The smallest absolute Gasteiger partial charge is 0.268 e. The summed E-state index contributed by atoms with van der Waals surface area (Å²) >= 11 is 5.67. The standard InChI is InChI=1S/C12H8ClN3O/c13-11-4-3-9(7-15-11)8-16-5-1-2-10(6-14)12(16)17/h1-5,7H,8H2. The van der Waals surface area contributed by atoms with Gasteiger partial charge in [-0.25, -0.2) is 4.98 Å². The Bertz CT molecular complexity index is 625. The average Bonchev–Trinajstić information content (AvgIpc) is 2.35. The molecule has 5 heteroatoms. The van der Waals surface area contributed by atoms with Gasteiger partial charge in [0.2, 0.25) is 0 Å². The summed E-state index contributed by atoms with van der Waals surface area (Å²) in [5.74, 6) is 0. The molecule has 2 aromatic rings. The molecule has 0 saturated heterocycles. The van der Waals surface area contributed by atoms with Crippen LogP contribution in [0, 0.1) is 11.3 Å². The van der Waals surface area contributed by atoms with E-state index in [0.29, 0.717) is 11.7 Å². The number of hydrogen-bond acceptors (Lipinski definition) is 3. The van der Waals surface area contributed by atoms with Gasteiger partial charge >= 0.3 is 0 Å². The highest BCUT2D eigenvalue weighted by molar-refractivity contribution is 6.29. The van der Waals surface area contributed by atoms with Crippen molar-refractivity contribution in [3.8, 4) is 6.07 Å². The molecular formula is C12H8ClN3O. The molecule has 17 heavy (non-hydrogen) atoms. The molecule has 0 atom stereocenters. The molecule has 84 valence electrons. The van der Waals surface area contributed by atoms with Gasteiger partial charge in [-0.15, -0.1) is 0 Å². The number of nitrogens with zero attached hydrogens (tertiary/aromatic N) is 3. The van der Waals surface area contributed by atoms with Gasteiger partial charge in [0.15, 0.2) is 0 Å². The zero-order valence-electron chi connectivity index (χ0n) is 8.80. The van der Waals surface area contributed by atoms with Gasteiger partial charge in [0, 0.05) is 12.4 Å². The third-order valence-corrected chi connectivity index (χ3v) is 2.51. The Morgan fingerprint density at radius 2 is 2.24 bits per heavy atom. The van der Waals surface area contributed by atoms with Crippen LogP contribution in [-0.4, -0.2) is 9.55 Å². The van der Waals surface area contributed by atoms with E-state index in [0.717, 1.165) is 5.56 Å². The molecule has 0 bridgehead atoms. The molecule has 0 spiro atoms. The Hall–Kier alpha value is -2.12. The number of hydrogen-bond donors (Lipinski definition) is 0. The van der Waals surface area contributed by atoms with E-state index in [4.69, 9.17) is 16.9 Å². The molecule has 0 radical (unpaired) electrons. The zero-order chi connectivity index (χ0) is 12.3. The van der Waals surface area contributed by atoms with Crippen molar-refractivity contribution in [2.75, 3.05) is 0 Å². The van der Waals surface area contributed by atoms with Crippen LogP contribution in [0.5, 0.6) is 0 Å². The minimum absolute atomic E-state index is 0.134. The van der Waals surface area contributed by atoms with Gasteiger partial charge < -0.3 is 4.57 Å². The van der Waals surface area contributed by atoms with Crippen molar-refractivity contribution in [3.05, 3.63) is 63.3 Å². The number of aromatic nitrogens is 2. The Labute approximate surface area is 103 Å². The number of nitriles is 1. The van der Waals surface area contributed by atoms with E-state index in [1.165, 1.54) is 10.6 Å². The summed E-state index contributed by atoms with van der Waals surface area (Å²) < 4.78 is 1.46. The minimum Gasteiger partial charge on any atom is -0.310 e. The largest absolute Gasteiger partial charge is 0.310 e. The van der Waals surface area contributed by atoms with Crippen LogP contribution in [-0.2, 0) is 6.54 Å². The van der Waals surface area contributed by atoms with Crippen LogP contribution in [0.1, 0.15) is 11.1 Å². The van der Waals surface area contributed by atoms with E-state index in [1.807, 2.05) is 6.07 Å². The highest BCUT2D eigenvalue weighted by atomic mass is 35.5. The molecule has 2 rings (SSSR count). The molecule has 4 nitrogen and oxygen atoms in total. The molecule has 0 N–H and O–H groups in total. The molecule has 0 amide bonds. The van der Waals surface area contributed by atoms with E-state index in [1.54, 1.807) is 30.6 Å². The Morgan fingerprint density at radius 3 is 2.88 bits per heavy atom. The lowest BCUT2D eigenvalue weighted by atomic mass is 10.2. The first-order valence-corrected chi connectivity index (χ1v) is 5.28. The first kappa shape index (κ1) is 11.4. The van der Waals surface area contributed by atoms with Gasteiger partial charge in [-0.2, -0.15) is 5.26 Å². The number of pyridine rings is 2. The molecule has 0 aliphatic rings. The quantitative estimate of drug-likeness (QED) is 0.759. The Kier molecular flexibility index (Phi) is 3.22. The van der Waals surface area contributed by atoms with E-state index in [9.17, 15) is 4.79 Å². The fraction of sp³-hybridized carbons (Fsp3) is 0.0833. The Morgan fingerprint density at radius 1 is 1.41 bits per heavy atom. The highest BCUT2D eigenvalue weighted by Crippen LogP contribution is 2.06. The molecule has 0 unspecified atom stereocenters. The summed E-state index contributed by atoms with van der Waals surface area (Å²) in [7, 11) is 0. The molecule has 2 aromatic heterocycles. The van der Waals surface area contributed by atoms with Crippen LogP contribution in [0.4, 0.5) is 0 Å². The summed E-state index contributed by atoms with van der Waals surface area (Å²) in [6.45, 7) is 0.374. The van der Waals surface area contributed by atoms with Crippen LogP contribution in [0.3, 0.4) is 0 Å². The first-order chi connectivity index (χ1) is 8.20. The van der Waals surface area contributed by atoms with Crippen LogP contribution in [0.2, 0.25) is 5.15 Å². The lowest BCUT2D eigenvalue weighted by Crippen LogP contribution is -2.22. The van der Waals surface area contributed by atoms with Gasteiger partial charge in [-0.3, -0.25) is 4.79 Å². The van der Waals surface area contributed by atoms with Crippen molar-refractivity contribution in [3.63, 3.8) is 0 Å². The number of halogens is 1. The third-order valence-electron chi connectivity index (χ3n) is 2.28. The van der Waals surface area contributed by atoms with Crippen LogP contribution in [0.15, 0.2) is 41.5 Å². The summed E-state index contributed by atoms with van der Waals surface area (Å²) in [6.07, 6.45) is 3.24. The third kappa shape index (κ3) is 2.52. The molecule has 0 aliphatic heterocycles. The lowest BCUT2D eigenvalue weighted by Gasteiger charge is -2.05. The van der Waals surface area contributed by atoms with Crippen LogP contribution in [0.25, 0.3) is 0 Å². The Balaban J connectivity index is 2.34. The summed E-state index contributed by atoms with van der Waals surface area (Å²) in [5, 5.41) is 9.16. The first-order valence-electron chi connectivity index (χ1n) is 4.90. The van der Waals surface area contributed by atoms with Gasteiger partial charge in [0.1, 0.15) is 16.8 Å². The van der Waals surface area contributed by atoms with Crippen molar-refractivity contribution in [1.82, 2.24) is 9.55 Å². The summed E-state index contributed by atoms with van der Waals surface area (Å²) in [4.78, 5) is 15.7. The van der Waals surface area contributed by atoms with Gasteiger partial charge in [-0.05, 0) is 23.8 Å². The molecule has 0 fully saturated rings. The van der Waals surface area contributed by atoms with E-state index in [-0.39, 0.29) is 11.1 Å². The van der Waals surface area contributed by atoms with Crippen LogP contribution >= 0.6 is 11.6 Å². The second kappa shape index (κ2) is 4.81. The van der Waals surface area contributed by atoms with E-state index < -0.39 is 0 Å². The maximum atomic E-state index is 11.8. The summed E-state index contributed by atoms with van der Waals surface area (Å²) in [5.41, 5.74) is 0.686. The monoisotopic (exact) mass is 245 g/mol. The topological polar surface area (TPSA) is 58.7 Å². The normalized spacial score (nSPS) is 9.88. The fourth-order valence-electron chi connectivity index (χ4n) is 1.44. The van der Waals surface area contributed by atoms with Crippen molar-refractivity contribution >= 4 is 11.6 Å². The lowest BCUT2D eigenvalue weighted by molar-refractivity contribution is 0.753. The zero-order valence-corrected chi connectivity index (χ0v) is 9.55. The maximum absolute atomic E-state index is 11.8. The number of rotatable bonds is 2.